The zero-order chi connectivity index (χ0) is 15.4. The lowest BCUT2D eigenvalue weighted by Gasteiger charge is -2.31. The van der Waals surface area contributed by atoms with Gasteiger partial charge >= 0.3 is 0 Å². The minimum atomic E-state index is -0.218. The molecule has 1 saturated heterocycles. The molecule has 118 valence electrons. The third kappa shape index (κ3) is 3.77. The number of rotatable bonds is 4. The van der Waals surface area contributed by atoms with Crippen LogP contribution in [0.2, 0.25) is 0 Å². The Labute approximate surface area is 133 Å². The second-order valence-electron chi connectivity index (χ2n) is 6.62. The number of nitrogens with two attached hydrogens (primary N) is 1. The number of nitrogens with zero attached hydrogens (tertiary/aromatic N) is 1. The Bertz CT molecular complexity index is 556. The maximum Gasteiger partial charge on any atom is 0.231 e. The fourth-order valence-corrected chi connectivity index (χ4v) is 3.74. The van der Waals surface area contributed by atoms with E-state index in [9.17, 15) is 4.79 Å². The Balaban J connectivity index is 1.66. The molecule has 0 unspecified atom stereocenters. The molecule has 1 heterocycles. The Morgan fingerprint density at radius 2 is 2.05 bits per heavy atom. The van der Waals surface area contributed by atoms with Crippen LogP contribution < -0.4 is 5.73 Å². The van der Waals surface area contributed by atoms with Crippen LogP contribution in [-0.4, -0.2) is 30.4 Å². The van der Waals surface area contributed by atoms with Gasteiger partial charge in [0.15, 0.2) is 0 Å². The molecule has 22 heavy (non-hydrogen) atoms. The van der Waals surface area contributed by atoms with Crippen LogP contribution in [0, 0.1) is 0 Å². The summed E-state index contributed by atoms with van der Waals surface area (Å²) < 4.78 is 0. The molecular weight excluding hydrogens is 272 g/mol. The first-order valence-electron chi connectivity index (χ1n) is 8.52. The number of likely N-dealkylation sites (tertiary alicyclic amines) is 1. The molecule has 1 aliphatic heterocycles. The second kappa shape index (κ2) is 7.10. The highest BCUT2D eigenvalue weighted by Gasteiger charge is 2.21. The lowest BCUT2D eigenvalue weighted by atomic mass is 9.86. The lowest BCUT2D eigenvalue weighted by Crippen LogP contribution is -2.39. The molecule has 0 saturated carbocycles. The van der Waals surface area contributed by atoms with Gasteiger partial charge in [-0.2, -0.15) is 0 Å². The average Bonchev–Trinajstić information content (AvgIpc) is 2.56. The average molecular weight is 298 g/mol. The number of primary amides is 1. The van der Waals surface area contributed by atoms with Crippen molar-refractivity contribution in [3.8, 4) is 0 Å². The van der Waals surface area contributed by atoms with Crippen LogP contribution in [0.15, 0.2) is 30.3 Å². The maximum absolute atomic E-state index is 11.0. The normalized spacial score (nSPS) is 20.6. The quantitative estimate of drug-likeness (QED) is 0.927. The van der Waals surface area contributed by atoms with Gasteiger partial charge in [-0.3, -0.25) is 9.69 Å². The molecule has 1 fully saturated rings. The van der Waals surface area contributed by atoms with Gasteiger partial charge in [0.2, 0.25) is 5.91 Å². The highest BCUT2D eigenvalue weighted by atomic mass is 16.1. The van der Waals surface area contributed by atoms with Gasteiger partial charge in [0.25, 0.3) is 0 Å². The maximum atomic E-state index is 11.0. The molecule has 3 heteroatoms. The van der Waals surface area contributed by atoms with Gasteiger partial charge in [-0.05, 0) is 74.2 Å². The largest absolute Gasteiger partial charge is 0.369 e. The van der Waals surface area contributed by atoms with Crippen molar-refractivity contribution >= 4 is 11.5 Å². The van der Waals surface area contributed by atoms with Crippen LogP contribution in [0.25, 0.3) is 5.57 Å². The van der Waals surface area contributed by atoms with E-state index in [0.717, 1.165) is 25.9 Å². The summed E-state index contributed by atoms with van der Waals surface area (Å²) in [4.78, 5) is 13.2. The summed E-state index contributed by atoms with van der Waals surface area (Å²) in [5, 5.41) is 0. The molecule has 1 aliphatic carbocycles. The number of allylic oxidation sites excluding steroid dienone is 2. The standard InChI is InChI=1S/C19H26N2O/c20-19(22)14-21-11-9-16(10-12-21)18-8-4-7-17(13-18)15-5-2-1-3-6-15/h4-5,7-8,13,16H,1-3,6,9-12,14H2,(H2,20,22). The van der Waals surface area contributed by atoms with E-state index in [0.29, 0.717) is 12.5 Å². The first-order valence-corrected chi connectivity index (χ1v) is 8.52. The predicted molar refractivity (Wildman–Crippen MR) is 90.5 cm³/mol. The predicted octanol–water partition coefficient (Wildman–Crippen LogP) is 3.31. The SMILES string of the molecule is NC(=O)CN1CCC(c2cccc(C3=CCCCC3)c2)CC1. The van der Waals surface area contributed by atoms with E-state index in [1.807, 2.05) is 0 Å². The highest BCUT2D eigenvalue weighted by molar-refractivity contribution is 5.75. The van der Waals surface area contributed by atoms with Gasteiger partial charge < -0.3 is 5.73 Å². The zero-order valence-corrected chi connectivity index (χ0v) is 13.3. The number of benzene rings is 1. The molecule has 0 aromatic heterocycles. The lowest BCUT2D eigenvalue weighted by molar-refractivity contribution is -0.119. The first-order chi connectivity index (χ1) is 10.7. The van der Waals surface area contributed by atoms with Crippen molar-refractivity contribution in [2.24, 2.45) is 5.73 Å². The summed E-state index contributed by atoms with van der Waals surface area (Å²) in [6.07, 6.45) is 9.76. The molecule has 0 radical (unpaired) electrons. The number of hydrogen-bond donors (Lipinski definition) is 1. The minimum Gasteiger partial charge on any atom is -0.369 e. The van der Waals surface area contributed by atoms with Gasteiger partial charge in [0.1, 0.15) is 0 Å². The second-order valence-corrected chi connectivity index (χ2v) is 6.62. The van der Waals surface area contributed by atoms with Crippen molar-refractivity contribution in [3.05, 3.63) is 41.5 Å². The van der Waals surface area contributed by atoms with E-state index in [-0.39, 0.29) is 5.91 Å². The van der Waals surface area contributed by atoms with Crippen LogP contribution in [-0.2, 0) is 4.79 Å². The van der Waals surface area contributed by atoms with Crippen molar-refractivity contribution in [2.45, 2.75) is 44.4 Å². The molecule has 0 atom stereocenters. The van der Waals surface area contributed by atoms with Crippen LogP contribution in [0.4, 0.5) is 0 Å². The summed E-state index contributed by atoms with van der Waals surface area (Å²) in [5.41, 5.74) is 9.69. The van der Waals surface area contributed by atoms with Crippen LogP contribution in [0.5, 0.6) is 0 Å². The van der Waals surface area contributed by atoms with Crippen LogP contribution in [0.1, 0.15) is 55.6 Å². The summed E-state index contributed by atoms with van der Waals surface area (Å²) in [7, 11) is 0. The molecule has 1 amide bonds. The van der Waals surface area contributed by atoms with Crippen molar-refractivity contribution in [3.63, 3.8) is 0 Å². The molecule has 1 aromatic carbocycles. The Kier molecular flexibility index (Phi) is 4.94. The van der Waals surface area contributed by atoms with Gasteiger partial charge in [-0.25, -0.2) is 0 Å². The molecule has 3 rings (SSSR count). The van der Waals surface area contributed by atoms with Crippen LogP contribution >= 0.6 is 0 Å². The Hall–Kier alpha value is -1.61. The molecule has 2 aliphatic rings. The fourth-order valence-electron chi connectivity index (χ4n) is 3.74. The third-order valence-corrected chi connectivity index (χ3v) is 4.99. The molecule has 3 nitrogen and oxygen atoms in total. The van der Waals surface area contributed by atoms with E-state index >= 15 is 0 Å². The number of carbonyl (C=O) groups excluding carboxylic acids is 1. The number of hydrogen-bond acceptors (Lipinski definition) is 2. The number of amides is 1. The van der Waals surface area contributed by atoms with Crippen LogP contribution in [0.3, 0.4) is 0 Å². The third-order valence-electron chi connectivity index (χ3n) is 4.99. The fraction of sp³-hybridized carbons (Fsp3) is 0.526. The zero-order valence-electron chi connectivity index (χ0n) is 13.3. The van der Waals surface area contributed by atoms with E-state index < -0.39 is 0 Å². The Morgan fingerprint density at radius 3 is 2.73 bits per heavy atom. The summed E-state index contributed by atoms with van der Waals surface area (Å²) in [5.74, 6) is 0.401. The molecule has 0 spiro atoms. The van der Waals surface area contributed by atoms with E-state index in [4.69, 9.17) is 5.73 Å². The molecular formula is C19H26N2O. The summed E-state index contributed by atoms with van der Waals surface area (Å²) in [6.45, 7) is 2.35. The van der Waals surface area contributed by atoms with Gasteiger partial charge in [0.05, 0.1) is 6.54 Å². The molecule has 2 N–H and O–H groups in total. The van der Waals surface area contributed by atoms with Crippen molar-refractivity contribution in [1.29, 1.82) is 0 Å². The minimum absolute atomic E-state index is 0.218. The van der Waals surface area contributed by atoms with Gasteiger partial charge in [-0.15, -0.1) is 0 Å². The first kappa shape index (κ1) is 15.3. The number of piperidine rings is 1. The van der Waals surface area contributed by atoms with Crippen molar-refractivity contribution in [2.75, 3.05) is 19.6 Å². The Morgan fingerprint density at radius 1 is 1.23 bits per heavy atom. The monoisotopic (exact) mass is 298 g/mol. The summed E-state index contributed by atoms with van der Waals surface area (Å²) >= 11 is 0. The van der Waals surface area contributed by atoms with E-state index in [1.54, 1.807) is 0 Å². The van der Waals surface area contributed by atoms with Crippen molar-refractivity contribution < 1.29 is 4.79 Å². The molecule has 1 aromatic rings. The highest BCUT2D eigenvalue weighted by Crippen LogP contribution is 2.32. The smallest absolute Gasteiger partial charge is 0.231 e. The van der Waals surface area contributed by atoms with Gasteiger partial charge in [-0.1, -0.05) is 30.3 Å². The van der Waals surface area contributed by atoms with E-state index in [1.165, 1.54) is 42.4 Å². The molecule has 0 bridgehead atoms. The van der Waals surface area contributed by atoms with Crippen molar-refractivity contribution in [1.82, 2.24) is 4.90 Å². The van der Waals surface area contributed by atoms with E-state index in [2.05, 4.69) is 35.2 Å². The topological polar surface area (TPSA) is 46.3 Å². The number of carbonyl (C=O) groups is 1. The summed E-state index contributed by atoms with van der Waals surface area (Å²) in [6, 6.07) is 9.12. The van der Waals surface area contributed by atoms with Gasteiger partial charge in [0, 0.05) is 0 Å².